The summed E-state index contributed by atoms with van der Waals surface area (Å²) in [5.41, 5.74) is 0.142. The maximum atomic E-state index is 14.5. The number of carbonyl (C=O) groups is 1. The molecule has 3 heterocycles. The SMILES string of the molecule is C[C@@H]1[C@@H](C(=O)NCc2cc(-c3cnc(C(F)(F)F)nc3)ncc2F)N(S(=O)(=O)c2ccc(F)cc2)C[C@@H]1C. The van der Waals surface area contributed by atoms with Crippen LogP contribution in [0.2, 0.25) is 0 Å². The predicted molar refractivity (Wildman–Crippen MR) is 124 cm³/mol. The van der Waals surface area contributed by atoms with E-state index in [1.807, 2.05) is 0 Å². The zero-order chi connectivity index (χ0) is 27.8. The van der Waals surface area contributed by atoms with Crippen LogP contribution >= 0.6 is 0 Å². The van der Waals surface area contributed by atoms with Gasteiger partial charge in [-0.1, -0.05) is 13.8 Å². The molecule has 0 bridgehead atoms. The highest BCUT2D eigenvalue weighted by Crippen LogP contribution is 2.34. The van der Waals surface area contributed by atoms with Gasteiger partial charge in [0.05, 0.1) is 16.8 Å². The fourth-order valence-corrected chi connectivity index (χ4v) is 5.93. The maximum absolute atomic E-state index is 14.5. The van der Waals surface area contributed by atoms with E-state index in [0.29, 0.717) is 0 Å². The number of rotatable bonds is 6. The average Bonchev–Trinajstić information content (AvgIpc) is 3.18. The molecule has 0 spiro atoms. The number of carbonyl (C=O) groups excluding carboxylic acids is 1. The lowest BCUT2D eigenvalue weighted by molar-refractivity contribution is -0.145. The van der Waals surface area contributed by atoms with E-state index in [4.69, 9.17) is 0 Å². The molecular weight excluding hydrogens is 533 g/mol. The van der Waals surface area contributed by atoms with Gasteiger partial charge in [0.1, 0.15) is 17.7 Å². The van der Waals surface area contributed by atoms with Gasteiger partial charge < -0.3 is 5.32 Å². The van der Waals surface area contributed by atoms with Gasteiger partial charge in [-0.3, -0.25) is 9.78 Å². The number of amides is 1. The number of nitrogens with zero attached hydrogens (tertiary/aromatic N) is 4. The molecule has 1 aromatic carbocycles. The summed E-state index contributed by atoms with van der Waals surface area (Å²) >= 11 is 0. The van der Waals surface area contributed by atoms with Gasteiger partial charge >= 0.3 is 6.18 Å². The Morgan fingerprint density at radius 2 is 1.68 bits per heavy atom. The molecule has 0 radical (unpaired) electrons. The van der Waals surface area contributed by atoms with E-state index >= 15 is 0 Å². The Hall–Kier alpha value is -3.52. The standard InChI is InChI=1S/C24H22F5N5O3S/c1-13-12-34(38(36,37)18-5-3-17(25)4-6-18)21(14(13)2)22(35)31-8-15-7-20(30-11-19(15)26)16-9-32-23(33-10-16)24(27,28)29/h3-7,9-11,13-14,21H,8,12H2,1-2H3,(H,31,35)/t13-,14-,21-/m0/s1. The molecule has 4 rings (SSSR count). The van der Waals surface area contributed by atoms with Gasteiger partial charge in [-0.25, -0.2) is 27.2 Å². The van der Waals surface area contributed by atoms with E-state index in [1.54, 1.807) is 13.8 Å². The van der Waals surface area contributed by atoms with Gasteiger partial charge in [-0.15, -0.1) is 0 Å². The molecule has 14 heteroatoms. The third kappa shape index (κ3) is 5.50. The van der Waals surface area contributed by atoms with Crippen LogP contribution in [0.3, 0.4) is 0 Å². The summed E-state index contributed by atoms with van der Waals surface area (Å²) in [6, 6.07) is 4.38. The fraction of sp³-hybridized carbons (Fsp3) is 0.333. The molecule has 1 amide bonds. The van der Waals surface area contributed by atoms with Crippen molar-refractivity contribution in [1.29, 1.82) is 0 Å². The molecule has 1 aliphatic heterocycles. The summed E-state index contributed by atoms with van der Waals surface area (Å²) in [6.45, 7) is 3.24. The zero-order valence-corrected chi connectivity index (χ0v) is 20.9. The minimum absolute atomic E-state index is 0.0325. The largest absolute Gasteiger partial charge is 0.451 e. The Bertz CT molecular complexity index is 1430. The number of halogens is 5. The summed E-state index contributed by atoms with van der Waals surface area (Å²) in [5, 5.41) is 2.55. The molecule has 0 saturated carbocycles. The van der Waals surface area contributed by atoms with Crippen LogP contribution in [0.15, 0.2) is 53.8 Å². The third-order valence-corrected chi connectivity index (χ3v) is 8.31. The normalized spacial score (nSPS) is 20.4. The molecule has 202 valence electrons. The van der Waals surface area contributed by atoms with Crippen molar-refractivity contribution in [3.05, 3.63) is 71.9 Å². The molecule has 0 unspecified atom stereocenters. The van der Waals surface area contributed by atoms with Crippen molar-refractivity contribution in [2.75, 3.05) is 6.54 Å². The minimum atomic E-state index is -4.73. The number of aromatic nitrogens is 3. The average molecular weight is 556 g/mol. The molecule has 1 fully saturated rings. The summed E-state index contributed by atoms with van der Waals surface area (Å²) in [7, 11) is -4.14. The molecule has 0 aliphatic carbocycles. The first-order chi connectivity index (χ1) is 17.8. The minimum Gasteiger partial charge on any atom is -0.351 e. The summed E-state index contributed by atoms with van der Waals surface area (Å²) < 4.78 is 93.5. The first-order valence-corrected chi connectivity index (χ1v) is 12.8. The lowest BCUT2D eigenvalue weighted by Gasteiger charge is -2.25. The predicted octanol–water partition coefficient (Wildman–Crippen LogP) is 3.80. The van der Waals surface area contributed by atoms with Crippen LogP contribution in [0.1, 0.15) is 25.2 Å². The molecule has 1 aliphatic rings. The molecule has 38 heavy (non-hydrogen) atoms. The van der Waals surface area contributed by atoms with Gasteiger partial charge in [0.2, 0.25) is 21.8 Å². The van der Waals surface area contributed by atoms with Crippen molar-refractivity contribution in [1.82, 2.24) is 24.6 Å². The number of sulfonamides is 1. The number of hydrogen-bond acceptors (Lipinski definition) is 6. The lowest BCUT2D eigenvalue weighted by Crippen LogP contribution is -2.47. The van der Waals surface area contributed by atoms with Crippen LogP contribution in [-0.2, 0) is 27.5 Å². The van der Waals surface area contributed by atoms with Crippen LogP contribution < -0.4 is 5.32 Å². The van der Waals surface area contributed by atoms with Crippen molar-refractivity contribution in [3.8, 4) is 11.3 Å². The van der Waals surface area contributed by atoms with Crippen molar-refractivity contribution in [2.24, 2.45) is 11.8 Å². The van der Waals surface area contributed by atoms with Crippen LogP contribution in [0.25, 0.3) is 11.3 Å². The first-order valence-electron chi connectivity index (χ1n) is 11.4. The topological polar surface area (TPSA) is 105 Å². The highest BCUT2D eigenvalue weighted by atomic mass is 32.2. The van der Waals surface area contributed by atoms with Gasteiger partial charge in [-0.05, 0) is 42.2 Å². The smallest absolute Gasteiger partial charge is 0.351 e. The van der Waals surface area contributed by atoms with Gasteiger partial charge in [0.15, 0.2) is 0 Å². The zero-order valence-electron chi connectivity index (χ0n) is 20.1. The lowest BCUT2D eigenvalue weighted by atomic mass is 9.94. The van der Waals surface area contributed by atoms with E-state index in [-0.39, 0.29) is 46.6 Å². The second-order valence-electron chi connectivity index (χ2n) is 8.98. The van der Waals surface area contributed by atoms with Crippen molar-refractivity contribution in [3.63, 3.8) is 0 Å². The monoisotopic (exact) mass is 555 g/mol. The molecule has 3 aromatic rings. The Balaban J connectivity index is 1.53. The van der Waals surface area contributed by atoms with Crippen LogP contribution in [0.4, 0.5) is 22.0 Å². The van der Waals surface area contributed by atoms with E-state index in [2.05, 4.69) is 20.3 Å². The number of benzene rings is 1. The summed E-state index contributed by atoms with van der Waals surface area (Å²) in [6.07, 6.45) is -2.08. The van der Waals surface area contributed by atoms with Crippen LogP contribution in [0, 0.1) is 23.5 Å². The van der Waals surface area contributed by atoms with Crippen molar-refractivity contribution >= 4 is 15.9 Å². The number of nitrogens with one attached hydrogen (secondary N) is 1. The molecule has 1 N–H and O–H groups in total. The molecule has 1 saturated heterocycles. The Morgan fingerprint density at radius 3 is 2.29 bits per heavy atom. The van der Waals surface area contributed by atoms with Crippen molar-refractivity contribution in [2.45, 2.75) is 37.5 Å². The second kappa shape index (κ2) is 10.3. The highest BCUT2D eigenvalue weighted by molar-refractivity contribution is 7.89. The summed E-state index contributed by atoms with van der Waals surface area (Å²) in [5.74, 6) is -3.95. The van der Waals surface area contributed by atoms with E-state index in [9.17, 15) is 35.2 Å². The van der Waals surface area contributed by atoms with Crippen LogP contribution in [-0.4, -0.2) is 46.2 Å². The first kappa shape index (κ1) is 27.5. The Morgan fingerprint density at radius 1 is 1.05 bits per heavy atom. The third-order valence-electron chi connectivity index (χ3n) is 6.45. The van der Waals surface area contributed by atoms with Crippen LogP contribution in [0.5, 0.6) is 0 Å². The highest BCUT2D eigenvalue weighted by Gasteiger charge is 2.47. The Labute approximate surface area is 215 Å². The van der Waals surface area contributed by atoms with E-state index < -0.39 is 45.6 Å². The van der Waals surface area contributed by atoms with Crippen molar-refractivity contribution < 1.29 is 35.2 Å². The molecular formula is C24H22F5N5O3S. The molecule has 2 aromatic heterocycles. The van der Waals surface area contributed by atoms with Gasteiger partial charge in [0, 0.05) is 36.6 Å². The van der Waals surface area contributed by atoms with Gasteiger partial charge in [-0.2, -0.15) is 17.5 Å². The fourth-order valence-electron chi connectivity index (χ4n) is 4.16. The number of pyridine rings is 1. The molecule has 8 nitrogen and oxygen atoms in total. The second-order valence-corrected chi connectivity index (χ2v) is 10.9. The van der Waals surface area contributed by atoms with Gasteiger partial charge in [0.25, 0.3) is 0 Å². The number of alkyl halides is 3. The summed E-state index contributed by atoms with van der Waals surface area (Å²) in [4.78, 5) is 23.4. The quantitative estimate of drug-likeness (QED) is 0.464. The molecule has 3 atom stereocenters. The van der Waals surface area contributed by atoms with E-state index in [0.717, 1.165) is 47.2 Å². The maximum Gasteiger partial charge on any atom is 0.451 e. The van der Waals surface area contributed by atoms with E-state index in [1.165, 1.54) is 6.07 Å². The Kier molecular flexibility index (Phi) is 7.48. The number of hydrogen-bond donors (Lipinski definition) is 1.